The first-order valence-electron chi connectivity index (χ1n) is 7.96. The van der Waals surface area contributed by atoms with Crippen LogP contribution in [-0.4, -0.2) is 45.9 Å². The minimum Gasteiger partial charge on any atom is -0.465 e. The van der Waals surface area contributed by atoms with Crippen LogP contribution in [0.1, 0.15) is 34.9 Å². The molecule has 0 radical (unpaired) electrons. The predicted octanol–water partition coefficient (Wildman–Crippen LogP) is 2.41. The number of carbonyl (C=O) groups excluding carboxylic acids is 1. The van der Waals surface area contributed by atoms with Gasteiger partial charge in [-0.05, 0) is 44.0 Å². The molecule has 2 atom stereocenters. The van der Waals surface area contributed by atoms with Gasteiger partial charge >= 0.3 is 0 Å². The summed E-state index contributed by atoms with van der Waals surface area (Å²) in [6.07, 6.45) is 3.91. The van der Waals surface area contributed by atoms with Crippen LogP contribution in [0, 0.1) is 6.92 Å². The quantitative estimate of drug-likeness (QED) is 0.947. The lowest BCUT2D eigenvalue weighted by molar-refractivity contribution is 0.0726. The van der Waals surface area contributed by atoms with Crippen LogP contribution >= 0.6 is 0 Å². The van der Waals surface area contributed by atoms with Crippen LogP contribution in [0.2, 0.25) is 0 Å². The molecule has 4 heterocycles. The molecule has 2 aromatic rings. The molecule has 2 aliphatic rings. The van der Waals surface area contributed by atoms with E-state index >= 15 is 0 Å². The minimum atomic E-state index is 0.133. The van der Waals surface area contributed by atoms with E-state index in [9.17, 15) is 4.79 Å². The van der Waals surface area contributed by atoms with Crippen molar-refractivity contribution in [3.8, 4) is 0 Å². The van der Waals surface area contributed by atoms with Crippen LogP contribution in [0.5, 0.6) is 0 Å². The van der Waals surface area contributed by atoms with Gasteiger partial charge < -0.3 is 14.3 Å². The van der Waals surface area contributed by atoms with E-state index in [4.69, 9.17) is 4.42 Å². The molecule has 0 aromatic carbocycles. The summed E-state index contributed by atoms with van der Waals surface area (Å²) in [4.78, 5) is 20.1. The number of aromatic nitrogens is 1. The lowest BCUT2D eigenvalue weighted by Gasteiger charge is -2.25. The van der Waals surface area contributed by atoms with Crippen molar-refractivity contribution >= 4 is 5.91 Å². The molecule has 4 rings (SSSR count). The number of furan rings is 1. The highest BCUT2D eigenvalue weighted by atomic mass is 16.3. The smallest absolute Gasteiger partial charge is 0.270 e. The Morgan fingerprint density at radius 3 is 2.86 bits per heavy atom. The fraction of sp³-hybridized carbons (Fsp3) is 0.471. The van der Waals surface area contributed by atoms with E-state index < -0.39 is 0 Å². The number of likely N-dealkylation sites (tertiary alicyclic amines) is 2. The summed E-state index contributed by atoms with van der Waals surface area (Å²) in [5.41, 5.74) is 0.695. The van der Waals surface area contributed by atoms with Gasteiger partial charge in [0.05, 0.1) is 6.54 Å². The summed E-state index contributed by atoms with van der Waals surface area (Å²) in [6.45, 7) is 4.70. The Morgan fingerprint density at radius 2 is 2.14 bits per heavy atom. The number of fused-ring (bicyclic) bond motifs is 1. The van der Waals surface area contributed by atoms with Gasteiger partial charge in [-0.3, -0.25) is 9.69 Å². The van der Waals surface area contributed by atoms with Crippen molar-refractivity contribution in [2.45, 2.75) is 38.4 Å². The molecular formula is C17H21N3O2. The second-order valence-corrected chi connectivity index (χ2v) is 6.28. The average Bonchev–Trinajstić information content (AvgIpc) is 3.24. The van der Waals surface area contributed by atoms with E-state index in [-0.39, 0.29) is 5.91 Å². The van der Waals surface area contributed by atoms with Crippen molar-refractivity contribution in [3.63, 3.8) is 0 Å². The zero-order chi connectivity index (χ0) is 15.1. The van der Waals surface area contributed by atoms with Crippen molar-refractivity contribution in [3.05, 3.63) is 47.7 Å². The van der Waals surface area contributed by atoms with Crippen molar-refractivity contribution in [1.29, 1.82) is 0 Å². The number of aromatic amines is 1. The molecule has 0 unspecified atom stereocenters. The average molecular weight is 299 g/mol. The maximum Gasteiger partial charge on any atom is 0.270 e. The van der Waals surface area contributed by atoms with Crippen LogP contribution in [0.15, 0.2) is 34.9 Å². The molecule has 0 aliphatic carbocycles. The molecule has 116 valence electrons. The number of carbonyl (C=O) groups is 1. The Hall–Kier alpha value is -2.01. The Kier molecular flexibility index (Phi) is 3.30. The topological polar surface area (TPSA) is 52.5 Å². The summed E-state index contributed by atoms with van der Waals surface area (Å²) < 4.78 is 5.70. The summed E-state index contributed by atoms with van der Waals surface area (Å²) in [5.74, 6) is 2.11. The second-order valence-electron chi connectivity index (χ2n) is 6.28. The van der Waals surface area contributed by atoms with Crippen molar-refractivity contribution in [2.24, 2.45) is 0 Å². The van der Waals surface area contributed by atoms with E-state index in [0.29, 0.717) is 17.8 Å². The third kappa shape index (κ3) is 2.25. The highest BCUT2D eigenvalue weighted by Crippen LogP contribution is 2.33. The molecule has 2 aromatic heterocycles. The van der Waals surface area contributed by atoms with Gasteiger partial charge in [0, 0.05) is 31.4 Å². The fourth-order valence-electron chi connectivity index (χ4n) is 3.91. The van der Waals surface area contributed by atoms with Crippen LogP contribution in [-0.2, 0) is 6.54 Å². The van der Waals surface area contributed by atoms with Gasteiger partial charge in [0.15, 0.2) is 0 Å². The number of H-pyrrole nitrogens is 1. The molecule has 0 saturated carbocycles. The molecule has 1 N–H and O–H groups in total. The number of hydrogen-bond donors (Lipinski definition) is 1. The zero-order valence-electron chi connectivity index (χ0n) is 12.8. The zero-order valence-corrected chi connectivity index (χ0v) is 12.8. The highest BCUT2D eigenvalue weighted by Gasteiger charge is 2.44. The maximum absolute atomic E-state index is 12.6. The van der Waals surface area contributed by atoms with E-state index in [1.165, 1.54) is 0 Å². The Bertz CT molecular complexity index is 661. The lowest BCUT2D eigenvalue weighted by atomic mass is 10.1. The van der Waals surface area contributed by atoms with Gasteiger partial charge in [0.1, 0.15) is 17.2 Å². The van der Waals surface area contributed by atoms with Crippen molar-refractivity contribution in [2.75, 3.05) is 13.1 Å². The monoisotopic (exact) mass is 299 g/mol. The molecule has 2 saturated heterocycles. The van der Waals surface area contributed by atoms with Crippen LogP contribution < -0.4 is 0 Å². The molecular weight excluding hydrogens is 278 g/mol. The third-order valence-corrected chi connectivity index (χ3v) is 4.94. The van der Waals surface area contributed by atoms with Crippen LogP contribution in [0.25, 0.3) is 0 Å². The first-order valence-corrected chi connectivity index (χ1v) is 7.96. The standard InChI is InChI=1S/C17H21N3O2/c1-12-4-5-13(22-12)11-19-9-6-16-15(19)7-10-20(16)17(21)14-3-2-8-18-14/h2-5,8,15-16,18H,6-7,9-11H2,1H3/t15-,16+/m0/s1. The summed E-state index contributed by atoms with van der Waals surface area (Å²) in [6, 6.07) is 8.60. The SMILES string of the molecule is Cc1ccc(CN2CC[C@@H]3[C@@H]2CCN3C(=O)c2ccc[nH]2)o1. The van der Waals surface area contributed by atoms with Gasteiger partial charge in [-0.25, -0.2) is 0 Å². The predicted molar refractivity (Wildman–Crippen MR) is 82.5 cm³/mol. The number of amides is 1. The minimum absolute atomic E-state index is 0.133. The molecule has 22 heavy (non-hydrogen) atoms. The van der Waals surface area contributed by atoms with Crippen LogP contribution in [0.4, 0.5) is 0 Å². The number of nitrogens with zero attached hydrogens (tertiary/aromatic N) is 2. The summed E-state index contributed by atoms with van der Waals surface area (Å²) in [5, 5.41) is 0. The Balaban J connectivity index is 1.46. The van der Waals surface area contributed by atoms with Gasteiger partial charge in [0.2, 0.25) is 0 Å². The Morgan fingerprint density at radius 1 is 1.27 bits per heavy atom. The number of rotatable bonds is 3. The summed E-state index contributed by atoms with van der Waals surface area (Å²) >= 11 is 0. The third-order valence-electron chi connectivity index (χ3n) is 4.94. The van der Waals surface area contributed by atoms with Gasteiger partial charge in [-0.1, -0.05) is 0 Å². The van der Waals surface area contributed by atoms with Crippen molar-refractivity contribution in [1.82, 2.24) is 14.8 Å². The summed E-state index contributed by atoms with van der Waals surface area (Å²) in [7, 11) is 0. The molecule has 1 amide bonds. The largest absolute Gasteiger partial charge is 0.465 e. The molecule has 5 heteroatoms. The van der Waals surface area contributed by atoms with Gasteiger partial charge in [-0.2, -0.15) is 0 Å². The van der Waals surface area contributed by atoms with Crippen LogP contribution in [0.3, 0.4) is 0 Å². The first kappa shape index (κ1) is 13.6. The molecule has 5 nitrogen and oxygen atoms in total. The highest BCUT2D eigenvalue weighted by molar-refractivity contribution is 5.93. The first-order chi connectivity index (χ1) is 10.7. The molecule has 2 fully saturated rings. The number of nitrogens with one attached hydrogen (secondary N) is 1. The molecule has 0 spiro atoms. The Labute approximate surface area is 129 Å². The van der Waals surface area contributed by atoms with Crippen molar-refractivity contribution < 1.29 is 9.21 Å². The number of hydrogen-bond acceptors (Lipinski definition) is 3. The van der Waals surface area contributed by atoms with Gasteiger partial charge in [-0.15, -0.1) is 0 Å². The van der Waals surface area contributed by atoms with E-state index in [0.717, 1.165) is 44.0 Å². The number of aryl methyl sites for hydroxylation is 1. The van der Waals surface area contributed by atoms with E-state index in [2.05, 4.69) is 16.0 Å². The molecule has 0 bridgehead atoms. The van der Waals surface area contributed by atoms with E-state index in [1.807, 2.05) is 30.0 Å². The normalized spacial score (nSPS) is 24.9. The molecule has 2 aliphatic heterocycles. The fourth-order valence-corrected chi connectivity index (χ4v) is 3.91. The van der Waals surface area contributed by atoms with E-state index in [1.54, 1.807) is 6.20 Å². The maximum atomic E-state index is 12.6. The second kappa shape index (κ2) is 5.32. The lowest BCUT2D eigenvalue weighted by Crippen LogP contribution is -2.39. The van der Waals surface area contributed by atoms with Gasteiger partial charge in [0.25, 0.3) is 5.91 Å².